The Morgan fingerprint density at radius 1 is 1.15 bits per heavy atom. The second-order valence-corrected chi connectivity index (χ2v) is 8.17. The van der Waals surface area contributed by atoms with Gasteiger partial charge in [0.1, 0.15) is 5.75 Å². The standard InChI is InChI=1S/C26H28N4O4/c1-18(33-17-19-8-4-2-5-9-19)23(12-13-25(31)32)30-16-20-14-24(28-15-22(20)29-26(30)27)34-21-10-6-3-7-11-21/h2-11,14-15,18,23H,12-13,16-17H2,1H3,(H2,27,29)(H,31,32)/t18-,23+/m1/s1. The van der Waals surface area contributed by atoms with E-state index >= 15 is 0 Å². The van der Waals surface area contributed by atoms with Crippen molar-refractivity contribution in [1.82, 2.24) is 9.88 Å². The summed E-state index contributed by atoms with van der Waals surface area (Å²) in [7, 11) is 0. The first-order valence-corrected chi connectivity index (χ1v) is 11.2. The Balaban J connectivity index is 1.52. The van der Waals surface area contributed by atoms with Gasteiger partial charge in [-0.3, -0.25) is 4.79 Å². The summed E-state index contributed by atoms with van der Waals surface area (Å²) in [6.07, 6.45) is 1.73. The number of pyridine rings is 1. The van der Waals surface area contributed by atoms with Gasteiger partial charge in [0, 0.05) is 24.6 Å². The van der Waals surface area contributed by atoms with E-state index in [-0.39, 0.29) is 18.6 Å². The molecule has 3 aromatic rings. The topological polar surface area (TPSA) is 110 Å². The average Bonchev–Trinajstić information content (AvgIpc) is 2.84. The van der Waals surface area contributed by atoms with Crippen LogP contribution in [0.2, 0.25) is 0 Å². The third-order valence-corrected chi connectivity index (χ3v) is 5.73. The highest BCUT2D eigenvalue weighted by atomic mass is 16.5. The van der Waals surface area contributed by atoms with E-state index in [9.17, 15) is 9.90 Å². The molecule has 2 atom stereocenters. The van der Waals surface area contributed by atoms with Crippen molar-refractivity contribution >= 4 is 17.6 Å². The molecule has 0 aliphatic carbocycles. The van der Waals surface area contributed by atoms with Gasteiger partial charge >= 0.3 is 5.97 Å². The lowest BCUT2D eigenvalue weighted by molar-refractivity contribution is -0.137. The fourth-order valence-corrected chi connectivity index (χ4v) is 3.93. The molecule has 2 heterocycles. The number of hydrogen-bond acceptors (Lipinski definition) is 7. The molecule has 0 bridgehead atoms. The monoisotopic (exact) mass is 460 g/mol. The van der Waals surface area contributed by atoms with Crippen LogP contribution in [0, 0.1) is 0 Å². The van der Waals surface area contributed by atoms with E-state index in [4.69, 9.17) is 15.2 Å². The maximum atomic E-state index is 11.3. The normalized spacial score (nSPS) is 14.6. The number of nitrogens with zero attached hydrogens (tertiary/aromatic N) is 3. The number of nitrogens with two attached hydrogens (primary N) is 1. The summed E-state index contributed by atoms with van der Waals surface area (Å²) >= 11 is 0. The molecule has 4 rings (SSSR count). The molecule has 1 aromatic heterocycles. The number of aliphatic carboxylic acids is 1. The Labute approximate surface area is 198 Å². The zero-order valence-electron chi connectivity index (χ0n) is 19.0. The highest BCUT2D eigenvalue weighted by molar-refractivity contribution is 5.84. The predicted octanol–water partition coefficient (Wildman–Crippen LogP) is 4.47. The van der Waals surface area contributed by atoms with Crippen LogP contribution >= 0.6 is 0 Å². The molecule has 3 N–H and O–H groups in total. The van der Waals surface area contributed by atoms with Crippen LogP contribution in [0.5, 0.6) is 11.6 Å². The molecule has 0 saturated heterocycles. The number of guanidine groups is 1. The molecular weight excluding hydrogens is 432 g/mol. The maximum Gasteiger partial charge on any atom is 0.303 e. The zero-order valence-corrected chi connectivity index (χ0v) is 19.0. The van der Waals surface area contributed by atoms with Gasteiger partial charge in [0.2, 0.25) is 5.88 Å². The number of fused-ring (bicyclic) bond motifs is 1. The summed E-state index contributed by atoms with van der Waals surface area (Å²) in [5.74, 6) is 0.594. The number of rotatable bonds is 10. The van der Waals surface area contributed by atoms with E-state index < -0.39 is 5.97 Å². The van der Waals surface area contributed by atoms with Crippen LogP contribution in [0.3, 0.4) is 0 Å². The van der Waals surface area contributed by atoms with Crippen LogP contribution < -0.4 is 10.5 Å². The third kappa shape index (κ3) is 5.90. The quantitative estimate of drug-likeness (QED) is 0.459. The van der Waals surface area contributed by atoms with Gasteiger partial charge in [-0.2, -0.15) is 0 Å². The minimum atomic E-state index is -0.865. The van der Waals surface area contributed by atoms with Gasteiger partial charge in [0.05, 0.1) is 30.6 Å². The molecule has 1 aliphatic rings. The molecule has 0 saturated carbocycles. The van der Waals surface area contributed by atoms with E-state index in [0.717, 1.165) is 11.1 Å². The lowest BCUT2D eigenvalue weighted by atomic mass is 10.0. The highest BCUT2D eigenvalue weighted by Crippen LogP contribution is 2.31. The number of aromatic nitrogens is 1. The molecule has 2 aromatic carbocycles. The van der Waals surface area contributed by atoms with Crippen LogP contribution in [0.1, 0.15) is 30.9 Å². The number of ether oxygens (including phenoxy) is 2. The average molecular weight is 461 g/mol. The summed E-state index contributed by atoms with van der Waals surface area (Å²) in [5.41, 5.74) is 8.93. The number of carboxylic acids is 1. The van der Waals surface area contributed by atoms with Gasteiger partial charge in [-0.05, 0) is 31.0 Å². The van der Waals surface area contributed by atoms with E-state index in [0.29, 0.717) is 42.8 Å². The molecule has 0 amide bonds. The minimum Gasteiger partial charge on any atom is -0.481 e. The first-order chi connectivity index (χ1) is 16.5. The molecule has 8 heteroatoms. The van der Waals surface area contributed by atoms with Crippen molar-refractivity contribution in [1.29, 1.82) is 0 Å². The summed E-state index contributed by atoms with van der Waals surface area (Å²) in [6, 6.07) is 20.8. The lowest BCUT2D eigenvalue weighted by Crippen LogP contribution is -2.50. The predicted molar refractivity (Wildman–Crippen MR) is 129 cm³/mol. The van der Waals surface area contributed by atoms with Crippen molar-refractivity contribution < 1.29 is 19.4 Å². The van der Waals surface area contributed by atoms with Crippen molar-refractivity contribution in [3.63, 3.8) is 0 Å². The van der Waals surface area contributed by atoms with Crippen LogP contribution in [-0.2, 0) is 22.7 Å². The van der Waals surface area contributed by atoms with Crippen molar-refractivity contribution in [3.05, 3.63) is 84.1 Å². The molecule has 0 radical (unpaired) electrons. The number of para-hydroxylation sites is 1. The summed E-state index contributed by atoms with van der Waals surface area (Å²) in [6.45, 7) is 2.81. The van der Waals surface area contributed by atoms with Gasteiger partial charge in [0.25, 0.3) is 0 Å². The smallest absolute Gasteiger partial charge is 0.303 e. The first-order valence-electron chi connectivity index (χ1n) is 11.2. The fraction of sp³-hybridized carbons (Fsp3) is 0.269. The van der Waals surface area contributed by atoms with Gasteiger partial charge in [-0.1, -0.05) is 48.5 Å². The second kappa shape index (κ2) is 10.8. The molecule has 176 valence electrons. The highest BCUT2D eigenvalue weighted by Gasteiger charge is 2.31. The number of benzene rings is 2. The van der Waals surface area contributed by atoms with Gasteiger partial charge in [-0.15, -0.1) is 0 Å². The number of carbonyl (C=O) groups is 1. The largest absolute Gasteiger partial charge is 0.481 e. The third-order valence-electron chi connectivity index (χ3n) is 5.73. The van der Waals surface area contributed by atoms with Crippen LogP contribution in [0.15, 0.2) is 77.9 Å². The molecule has 8 nitrogen and oxygen atoms in total. The molecule has 0 fully saturated rings. The van der Waals surface area contributed by atoms with Gasteiger partial charge in [-0.25, -0.2) is 9.98 Å². The van der Waals surface area contributed by atoms with Crippen LogP contribution in [-0.4, -0.2) is 39.1 Å². The Kier molecular flexibility index (Phi) is 7.39. The zero-order chi connectivity index (χ0) is 23.9. The van der Waals surface area contributed by atoms with Gasteiger partial charge < -0.3 is 25.2 Å². The SMILES string of the molecule is C[C@@H](OCc1ccccc1)[C@H](CCC(=O)O)N1Cc2cc(Oc3ccccc3)ncc2N=C1N. The maximum absolute atomic E-state index is 11.3. The number of hydrogen-bond donors (Lipinski definition) is 2. The Morgan fingerprint density at radius 2 is 1.85 bits per heavy atom. The Hall–Kier alpha value is -3.91. The van der Waals surface area contributed by atoms with E-state index in [1.54, 1.807) is 6.20 Å². The molecule has 34 heavy (non-hydrogen) atoms. The van der Waals surface area contributed by atoms with E-state index in [1.165, 1.54) is 0 Å². The molecule has 0 unspecified atom stereocenters. The Morgan fingerprint density at radius 3 is 2.56 bits per heavy atom. The minimum absolute atomic E-state index is 0.000938. The lowest BCUT2D eigenvalue weighted by Gasteiger charge is -2.38. The summed E-state index contributed by atoms with van der Waals surface area (Å²) < 4.78 is 12.0. The van der Waals surface area contributed by atoms with Crippen molar-refractivity contribution in [2.24, 2.45) is 10.7 Å². The second-order valence-electron chi connectivity index (χ2n) is 8.17. The van der Waals surface area contributed by atoms with Crippen molar-refractivity contribution in [2.45, 2.75) is 45.1 Å². The summed E-state index contributed by atoms with van der Waals surface area (Å²) in [4.78, 5) is 22.1. The van der Waals surface area contributed by atoms with Crippen LogP contribution in [0.4, 0.5) is 5.69 Å². The van der Waals surface area contributed by atoms with Crippen molar-refractivity contribution in [3.8, 4) is 11.6 Å². The van der Waals surface area contributed by atoms with Crippen molar-refractivity contribution in [2.75, 3.05) is 0 Å². The summed E-state index contributed by atoms with van der Waals surface area (Å²) in [5, 5.41) is 9.31. The van der Waals surface area contributed by atoms with E-state index in [1.807, 2.05) is 78.6 Å². The first kappa shape index (κ1) is 23.3. The number of aliphatic imine (C=N–C) groups is 1. The Bertz CT molecular complexity index is 1140. The van der Waals surface area contributed by atoms with Crippen LogP contribution in [0.25, 0.3) is 0 Å². The van der Waals surface area contributed by atoms with E-state index in [2.05, 4.69) is 9.98 Å². The molecule has 0 spiro atoms. The fourth-order valence-electron chi connectivity index (χ4n) is 3.93. The molecule has 1 aliphatic heterocycles. The van der Waals surface area contributed by atoms with Gasteiger partial charge in [0.15, 0.2) is 5.96 Å². The molecular formula is C26H28N4O4. The number of carboxylic acid groups (broad SMARTS) is 1.